The third kappa shape index (κ3) is 1.86. The zero-order chi connectivity index (χ0) is 20.6. The molecule has 0 spiro atoms. The summed E-state index contributed by atoms with van der Waals surface area (Å²) in [6.45, 7) is 2.18. The normalized spacial score (nSPS) is 27.1. The molecule has 6 nitrogen and oxygen atoms in total. The van der Waals surface area contributed by atoms with Crippen LogP contribution in [0, 0.1) is 0 Å². The van der Waals surface area contributed by atoms with E-state index in [1.807, 2.05) is 6.92 Å². The molecular weight excluding hydrogens is 370 g/mol. The molecule has 2 aliphatic carbocycles. The number of ketones is 3. The lowest BCUT2D eigenvalue weighted by atomic mass is 9.78. The van der Waals surface area contributed by atoms with Gasteiger partial charge in [0.1, 0.15) is 0 Å². The second-order valence-corrected chi connectivity index (χ2v) is 7.69. The number of fused-ring (bicyclic) bond motifs is 5. The van der Waals surface area contributed by atoms with Crippen LogP contribution in [0.1, 0.15) is 56.4 Å². The molecule has 0 fully saturated rings. The lowest BCUT2D eigenvalue weighted by Gasteiger charge is -2.40. The molecule has 0 amide bonds. The average Bonchev–Trinajstić information content (AvgIpc) is 3.05. The lowest BCUT2D eigenvalue weighted by Crippen LogP contribution is -2.57. The Morgan fingerprint density at radius 1 is 0.862 bits per heavy atom. The van der Waals surface area contributed by atoms with Crippen molar-refractivity contribution in [1.29, 1.82) is 0 Å². The van der Waals surface area contributed by atoms with Crippen LogP contribution in [0.4, 0.5) is 0 Å². The molecule has 2 N–H and O–H groups in total. The van der Waals surface area contributed by atoms with Crippen LogP contribution < -0.4 is 0 Å². The van der Waals surface area contributed by atoms with Gasteiger partial charge in [-0.05, 0) is 6.42 Å². The zero-order valence-corrected chi connectivity index (χ0v) is 15.8. The molecule has 1 aliphatic heterocycles. The van der Waals surface area contributed by atoms with Gasteiger partial charge >= 0.3 is 0 Å². The second-order valence-electron chi connectivity index (χ2n) is 7.69. The van der Waals surface area contributed by atoms with Crippen LogP contribution in [0.5, 0.6) is 0 Å². The van der Waals surface area contributed by atoms with E-state index in [0.717, 1.165) is 6.42 Å². The van der Waals surface area contributed by atoms with Gasteiger partial charge < -0.3 is 15.1 Å². The minimum absolute atomic E-state index is 0.0741. The van der Waals surface area contributed by atoms with Crippen LogP contribution in [0.25, 0.3) is 0 Å². The van der Waals surface area contributed by atoms with Gasteiger partial charge in [-0.2, -0.15) is 0 Å². The highest BCUT2D eigenvalue weighted by molar-refractivity contribution is 6.32. The highest BCUT2D eigenvalue weighted by atomic mass is 16.4. The third-order valence-corrected chi connectivity index (χ3v) is 6.23. The maximum Gasteiger partial charge on any atom is 0.211 e. The van der Waals surface area contributed by atoms with Gasteiger partial charge in [0.05, 0.1) is 11.3 Å². The largest absolute Gasteiger partial charge is 0.372 e. The predicted molar refractivity (Wildman–Crippen MR) is 103 cm³/mol. The van der Waals surface area contributed by atoms with E-state index in [4.69, 9.17) is 0 Å². The molecule has 2 unspecified atom stereocenters. The van der Waals surface area contributed by atoms with Crippen molar-refractivity contribution in [1.82, 2.24) is 4.90 Å². The van der Waals surface area contributed by atoms with E-state index < -0.39 is 28.7 Å². The Kier molecular flexibility index (Phi) is 3.54. The highest BCUT2D eigenvalue weighted by Crippen LogP contribution is 2.58. The predicted octanol–water partition coefficient (Wildman–Crippen LogP) is 2.21. The fourth-order valence-electron chi connectivity index (χ4n) is 4.87. The molecule has 0 bridgehead atoms. The first-order valence-electron chi connectivity index (χ1n) is 9.68. The first-order chi connectivity index (χ1) is 13.9. The first kappa shape index (κ1) is 18.0. The number of hydrogen-bond donors (Lipinski definition) is 2. The number of carbonyl (C=O) groups excluding carboxylic acids is 3. The van der Waals surface area contributed by atoms with E-state index in [2.05, 4.69) is 0 Å². The highest BCUT2D eigenvalue weighted by Gasteiger charge is 2.74. The number of carbonyl (C=O) groups is 3. The van der Waals surface area contributed by atoms with Gasteiger partial charge in [-0.1, -0.05) is 61.9 Å². The monoisotopic (exact) mass is 389 g/mol. The van der Waals surface area contributed by atoms with Crippen molar-refractivity contribution in [3.8, 4) is 0 Å². The molecule has 5 rings (SSSR count). The van der Waals surface area contributed by atoms with Gasteiger partial charge in [-0.25, -0.2) is 0 Å². The summed E-state index contributed by atoms with van der Waals surface area (Å²) in [7, 11) is 0. The molecule has 3 aliphatic rings. The molecule has 0 saturated carbocycles. The quantitative estimate of drug-likeness (QED) is 0.836. The minimum atomic E-state index is -2.53. The van der Waals surface area contributed by atoms with E-state index in [9.17, 15) is 24.6 Å². The Morgan fingerprint density at radius 3 is 2.10 bits per heavy atom. The zero-order valence-electron chi connectivity index (χ0n) is 15.8. The standard InChI is InChI=1S/C23H19NO5/c1-2-3-12-24-18-17(19(25)13-8-4-5-9-14(13)20(18)26)22(28)21(27)15-10-6-7-11-16(15)23(22,24)29/h4-11,28-29H,2-3,12H2,1H3. The summed E-state index contributed by atoms with van der Waals surface area (Å²) in [4.78, 5) is 41.4. The van der Waals surface area contributed by atoms with E-state index in [-0.39, 0.29) is 40.1 Å². The summed E-state index contributed by atoms with van der Waals surface area (Å²) in [5.41, 5.74) is -4.41. The number of nitrogens with zero attached hydrogens (tertiary/aromatic N) is 1. The van der Waals surface area contributed by atoms with Crippen LogP contribution >= 0.6 is 0 Å². The van der Waals surface area contributed by atoms with E-state index in [1.54, 1.807) is 36.4 Å². The Hall–Kier alpha value is -3.09. The van der Waals surface area contributed by atoms with Crippen molar-refractivity contribution in [2.75, 3.05) is 6.54 Å². The molecule has 0 saturated heterocycles. The van der Waals surface area contributed by atoms with Gasteiger partial charge in [0, 0.05) is 28.8 Å². The lowest BCUT2D eigenvalue weighted by molar-refractivity contribution is -0.169. The first-order valence-corrected chi connectivity index (χ1v) is 9.68. The number of Topliss-reactive ketones (excluding diaryl/α,β-unsaturated/α-hetero) is 3. The molecule has 2 aromatic carbocycles. The summed E-state index contributed by atoms with van der Waals surface area (Å²) in [6, 6.07) is 12.7. The SMILES string of the molecule is CCCCN1C2=C(C(=O)c3ccccc3C2=O)C2(O)C(=O)c3ccccc3C12O. The second kappa shape index (κ2) is 5.72. The number of benzene rings is 2. The Labute approximate surface area is 167 Å². The van der Waals surface area contributed by atoms with Crippen molar-refractivity contribution < 1.29 is 24.6 Å². The van der Waals surface area contributed by atoms with Crippen molar-refractivity contribution in [2.45, 2.75) is 31.1 Å². The number of allylic oxidation sites excluding steroid dienone is 1. The van der Waals surface area contributed by atoms with E-state index >= 15 is 0 Å². The van der Waals surface area contributed by atoms with Crippen LogP contribution in [0.2, 0.25) is 0 Å². The number of rotatable bonds is 3. The molecule has 29 heavy (non-hydrogen) atoms. The van der Waals surface area contributed by atoms with Crippen molar-refractivity contribution in [3.05, 3.63) is 82.1 Å². The van der Waals surface area contributed by atoms with Crippen molar-refractivity contribution in [2.24, 2.45) is 0 Å². The smallest absolute Gasteiger partial charge is 0.211 e. The van der Waals surface area contributed by atoms with Crippen molar-refractivity contribution in [3.63, 3.8) is 0 Å². The van der Waals surface area contributed by atoms with Crippen LogP contribution in [-0.2, 0) is 5.72 Å². The van der Waals surface area contributed by atoms with Gasteiger partial charge in [0.25, 0.3) is 0 Å². The topological polar surface area (TPSA) is 94.9 Å². The van der Waals surface area contributed by atoms with Gasteiger partial charge in [0.2, 0.25) is 22.9 Å². The van der Waals surface area contributed by atoms with Gasteiger partial charge in [-0.15, -0.1) is 0 Å². The summed E-state index contributed by atoms with van der Waals surface area (Å²) in [6.07, 6.45) is 1.37. The molecular formula is C23H19NO5. The summed E-state index contributed by atoms with van der Waals surface area (Å²) in [5, 5.41) is 23.5. The Balaban J connectivity index is 1.83. The maximum atomic E-state index is 13.4. The third-order valence-electron chi connectivity index (χ3n) is 6.23. The fraction of sp³-hybridized carbons (Fsp3) is 0.261. The fourth-order valence-corrected chi connectivity index (χ4v) is 4.87. The molecule has 146 valence electrons. The average molecular weight is 389 g/mol. The number of aliphatic hydroxyl groups is 2. The summed E-state index contributed by atoms with van der Waals surface area (Å²) < 4.78 is 0. The molecule has 6 heteroatoms. The Morgan fingerprint density at radius 2 is 1.45 bits per heavy atom. The molecule has 1 heterocycles. The molecule has 0 aromatic heterocycles. The summed E-state index contributed by atoms with van der Waals surface area (Å²) >= 11 is 0. The molecule has 2 atom stereocenters. The van der Waals surface area contributed by atoms with Crippen LogP contribution in [-0.4, -0.2) is 44.6 Å². The number of unbranched alkanes of at least 4 members (excludes halogenated alkanes) is 1. The minimum Gasteiger partial charge on any atom is -0.372 e. The van der Waals surface area contributed by atoms with Gasteiger partial charge in [0.15, 0.2) is 5.78 Å². The number of hydrogen-bond acceptors (Lipinski definition) is 6. The van der Waals surface area contributed by atoms with E-state index in [1.165, 1.54) is 17.0 Å². The van der Waals surface area contributed by atoms with Crippen molar-refractivity contribution >= 4 is 17.3 Å². The van der Waals surface area contributed by atoms with Crippen LogP contribution in [0.15, 0.2) is 59.8 Å². The molecule has 0 radical (unpaired) electrons. The Bertz CT molecular complexity index is 1150. The van der Waals surface area contributed by atoms with Gasteiger partial charge in [-0.3, -0.25) is 14.4 Å². The van der Waals surface area contributed by atoms with E-state index in [0.29, 0.717) is 6.42 Å². The van der Waals surface area contributed by atoms with Crippen LogP contribution in [0.3, 0.4) is 0 Å². The molecule has 2 aromatic rings. The summed E-state index contributed by atoms with van der Waals surface area (Å²) in [5.74, 6) is -1.83. The maximum absolute atomic E-state index is 13.4.